The second kappa shape index (κ2) is 8.13. The van der Waals surface area contributed by atoms with E-state index >= 15 is 0 Å². The van der Waals surface area contributed by atoms with Crippen molar-refractivity contribution in [3.63, 3.8) is 0 Å². The Balaban J connectivity index is 1.69. The molecule has 0 unspecified atom stereocenters. The Morgan fingerprint density at radius 2 is 1.96 bits per heavy atom. The van der Waals surface area contributed by atoms with Gasteiger partial charge in [-0.05, 0) is 31.5 Å². The van der Waals surface area contributed by atoms with Crippen LogP contribution in [0.15, 0.2) is 53.4 Å². The number of non-ortho nitro benzene ring substituents is 1. The Morgan fingerprint density at radius 3 is 2.68 bits per heavy atom. The average molecular weight is 421 g/mol. The Labute approximate surface area is 165 Å². The molecule has 0 aliphatic carbocycles. The van der Waals surface area contributed by atoms with Gasteiger partial charge in [0.05, 0.1) is 15.5 Å². The fourth-order valence-corrected chi connectivity index (χ4v) is 4.68. The third-order valence-corrected chi connectivity index (χ3v) is 6.67. The van der Waals surface area contributed by atoms with Crippen molar-refractivity contribution >= 4 is 27.0 Å². The molecule has 0 aliphatic rings. The van der Waals surface area contributed by atoms with Gasteiger partial charge in [0, 0.05) is 29.1 Å². The standard InChI is InChI=1S/C18H16FN3O4S2/c1-12-17(27-18(21-12)13-4-2-5-14(19)10-13)8-9-20-28(25,26)16-7-3-6-15(11-16)22(23)24/h2-7,10-11,20H,8-9H2,1H3. The molecular weight excluding hydrogens is 405 g/mol. The van der Waals surface area contributed by atoms with Crippen molar-refractivity contribution in [1.29, 1.82) is 0 Å². The van der Waals surface area contributed by atoms with Crippen molar-refractivity contribution in [2.45, 2.75) is 18.2 Å². The van der Waals surface area contributed by atoms with E-state index in [1.807, 2.05) is 6.92 Å². The van der Waals surface area contributed by atoms with Crippen LogP contribution in [0.3, 0.4) is 0 Å². The number of nitrogens with zero attached hydrogens (tertiary/aromatic N) is 2. The third-order valence-electron chi connectivity index (χ3n) is 3.95. The molecule has 3 rings (SSSR count). The number of nitro benzene ring substituents is 1. The smallest absolute Gasteiger partial charge is 0.258 e. The monoisotopic (exact) mass is 421 g/mol. The number of rotatable bonds is 7. The van der Waals surface area contributed by atoms with Crippen LogP contribution in [0, 0.1) is 22.9 Å². The van der Waals surface area contributed by atoms with Crippen LogP contribution in [0.25, 0.3) is 10.6 Å². The number of hydrogen-bond donors (Lipinski definition) is 1. The molecule has 0 aliphatic heterocycles. The molecule has 0 saturated heterocycles. The van der Waals surface area contributed by atoms with E-state index in [4.69, 9.17) is 0 Å². The zero-order chi connectivity index (χ0) is 20.3. The maximum atomic E-state index is 13.4. The molecule has 10 heteroatoms. The molecule has 0 atom stereocenters. The van der Waals surface area contributed by atoms with Gasteiger partial charge in [-0.3, -0.25) is 10.1 Å². The van der Waals surface area contributed by atoms with E-state index in [0.717, 1.165) is 16.6 Å². The van der Waals surface area contributed by atoms with Gasteiger partial charge in [0.1, 0.15) is 10.8 Å². The van der Waals surface area contributed by atoms with E-state index in [1.54, 1.807) is 12.1 Å². The number of thiazole rings is 1. The maximum Gasteiger partial charge on any atom is 0.270 e. The molecule has 0 saturated carbocycles. The highest BCUT2D eigenvalue weighted by atomic mass is 32.2. The van der Waals surface area contributed by atoms with Gasteiger partial charge in [0.25, 0.3) is 5.69 Å². The van der Waals surface area contributed by atoms with Gasteiger partial charge in [-0.15, -0.1) is 11.3 Å². The van der Waals surface area contributed by atoms with Crippen LogP contribution in [-0.4, -0.2) is 24.9 Å². The molecule has 0 amide bonds. The zero-order valence-corrected chi connectivity index (χ0v) is 16.4. The summed E-state index contributed by atoms with van der Waals surface area (Å²) in [4.78, 5) is 15.3. The lowest BCUT2D eigenvalue weighted by molar-refractivity contribution is -0.385. The van der Waals surface area contributed by atoms with Gasteiger partial charge in [0.2, 0.25) is 10.0 Å². The number of aromatic nitrogens is 1. The van der Waals surface area contributed by atoms with Crippen LogP contribution in [0.5, 0.6) is 0 Å². The van der Waals surface area contributed by atoms with E-state index in [0.29, 0.717) is 17.0 Å². The number of hydrogen-bond acceptors (Lipinski definition) is 6. The van der Waals surface area contributed by atoms with E-state index < -0.39 is 14.9 Å². The SMILES string of the molecule is Cc1nc(-c2cccc(F)c2)sc1CCNS(=O)(=O)c1cccc([N+](=O)[O-])c1. The molecule has 0 fully saturated rings. The highest BCUT2D eigenvalue weighted by molar-refractivity contribution is 7.89. The zero-order valence-electron chi connectivity index (χ0n) is 14.8. The largest absolute Gasteiger partial charge is 0.270 e. The molecule has 1 heterocycles. The lowest BCUT2D eigenvalue weighted by Crippen LogP contribution is -2.26. The highest BCUT2D eigenvalue weighted by Gasteiger charge is 2.18. The lowest BCUT2D eigenvalue weighted by atomic mass is 10.2. The molecule has 0 spiro atoms. The number of sulfonamides is 1. The predicted octanol–water partition coefficient (Wildman–Crippen LogP) is 3.69. The fourth-order valence-electron chi connectivity index (χ4n) is 2.55. The van der Waals surface area contributed by atoms with E-state index in [9.17, 15) is 22.9 Å². The molecular formula is C18H16FN3O4S2. The second-order valence-corrected chi connectivity index (χ2v) is 8.79. The fraction of sp³-hybridized carbons (Fsp3) is 0.167. The molecule has 7 nitrogen and oxygen atoms in total. The summed E-state index contributed by atoms with van der Waals surface area (Å²) < 4.78 is 40.6. The number of aryl methyl sites for hydroxylation is 1. The van der Waals surface area contributed by atoms with E-state index in [1.165, 1.54) is 41.7 Å². The summed E-state index contributed by atoms with van der Waals surface area (Å²) in [5.41, 5.74) is 1.12. The Kier molecular flexibility index (Phi) is 5.82. The molecule has 28 heavy (non-hydrogen) atoms. The van der Waals surface area contributed by atoms with Crippen molar-refractivity contribution in [3.8, 4) is 10.6 Å². The first-order valence-corrected chi connectivity index (χ1v) is 10.5. The van der Waals surface area contributed by atoms with E-state index in [2.05, 4.69) is 9.71 Å². The highest BCUT2D eigenvalue weighted by Crippen LogP contribution is 2.28. The molecule has 0 radical (unpaired) electrons. The third kappa shape index (κ3) is 4.58. The Morgan fingerprint density at radius 1 is 1.21 bits per heavy atom. The quantitative estimate of drug-likeness (QED) is 0.463. The maximum absolute atomic E-state index is 13.4. The first-order valence-electron chi connectivity index (χ1n) is 8.22. The van der Waals surface area contributed by atoms with Crippen LogP contribution in [0.4, 0.5) is 10.1 Å². The van der Waals surface area contributed by atoms with Gasteiger partial charge < -0.3 is 0 Å². The van der Waals surface area contributed by atoms with Crippen LogP contribution in [0.1, 0.15) is 10.6 Å². The van der Waals surface area contributed by atoms with E-state index in [-0.39, 0.29) is 22.9 Å². The van der Waals surface area contributed by atoms with Gasteiger partial charge in [-0.25, -0.2) is 22.5 Å². The average Bonchev–Trinajstić information content (AvgIpc) is 3.02. The summed E-state index contributed by atoms with van der Waals surface area (Å²) in [5, 5.41) is 11.5. The Hall–Kier alpha value is -2.69. The molecule has 2 aromatic carbocycles. The summed E-state index contributed by atoms with van der Waals surface area (Å²) >= 11 is 1.37. The molecule has 3 aromatic rings. The van der Waals surface area contributed by atoms with Gasteiger partial charge in [0.15, 0.2) is 0 Å². The lowest BCUT2D eigenvalue weighted by Gasteiger charge is -2.06. The number of halogens is 1. The summed E-state index contributed by atoms with van der Waals surface area (Å²) in [5.74, 6) is -0.350. The first kappa shape index (κ1) is 20.1. The molecule has 146 valence electrons. The minimum atomic E-state index is -3.87. The predicted molar refractivity (Wildman–Crippen MR) is 104 cm³/mol. The Bertz CT molecular complexity index is 1130. The normalized spacial score (nSPS) is 11.5. The van der Waals surface area contributed by atoms with Crippen LogP contribution in [0.2, 0.25) is 0 Å². The first-order chi connectivity index (χ1) is 13.3. The van der Waals surface area contributed by atoms with Crippen molar-refractivity contribution in [1.82, 2.24) is 9.71 Å². The second-order valence-electron chi connectivity index (χ2n) is 5.94. The van der Waals surface area contributed by atoms with Crippen molar-refractivity contribution in [3.05, 3.63) is 75.0 Å². The minimum Gasteiger partial charge on any atom is -0.258 e. The molecule has 1 N–H and O–H groups in total. The van der Waals surface area contributed by atoms with Gasteiger partial charge in [-0.2, -0.15) is 0 Å². The van der Waals surface area contributed by atoms with Crippen molar-refractivity contribution in [2.75, 3.05) is 6.54 Å². The number of nitrogens with one attached hydrogen (secondary N) is 1. The van der Waals surface area contributed by atoms with Crippen LogP contribution in [-0.2, 0) is 16.4 Å². The summed E-state index contributed by atoms with van der Waals surface area (Å²) in [6.07, 6.45) is 0.396. The van der Waals surface area contributed by atoms with Gasteiger partial charge in [-0.1, -0.05) is 18.2 Å². The summed E-state index contributed by atoms with van der Waals surface area (Å²) in [6, 6.07) is 11.0. The summed E-state index contributed by atoms with van der Waals surface area (Å²) in [6.45, 7) is 1.92. The minimum absolute atomic E-state index is 0.108. The van der Waals surface area contributed by atoms with Crippen LogP contribution >= 0.6 is 11.3 Å². The van der Waals surface area contributed by atoms with Crippen LogP contribution < -0.4 is 4.72 Å². The molecule has 0 bridgehead atoms. The number of nitro groups is 1. The van der Waals surface area contributed by atoms with Crippen molar-refractivity contribution < 1.29 is 17.7 Å². The summed E-state index contributed by atoms with van der Waals surface area (Å²) in [7, 11) is -3.87. The topological polar surface area (TPSA) is 102 Å². The molecule has 1 aromatic heterocycles. The number of benzene rings is 2. The van der Waals surface area contributed by atoms with Crippen molar-refractivity contribution in [2.24, 2.45) is 0 Å². The van der Waals surface area contributed by atoms with Gasteiger partial charge >= 0.3 is 0 Å².